The van der Waals surface area contributed by atoms with Crippen molar-refractivity contribution in [1.29, 1.82) is 0 Å². The number of carbonyl (C=O) groups is 3. The molecule has 30 heavy (non-hydrogen) atoms. The molecule has 1 aliphatic carbocycles. The van der Waals surface area contributed by atoms with E-state index in [1.54, 1.807) is 0 Å². The summed E-state index contributed by atoms with van der Waals surface area (Å²) >= 11 is 4.17. The quantitative estimate of drug-likeness (QED) is 0.500. The van der Waals surface area contributed by atoms with Crippen LogP contribution in [0.15, 0.2) is 48.5 Å². The average molecular weight is 428 g/mol. The minimum atomic E-state index is -0.799. The van der Waals surface area contributed by atoms with Gasteiger partial charge in [0.15, 0.2) is 0 Å². The van der Waals surface area contributed by atoms with Crippen LogP contribution in [0, 0.1) is 5.92 Å². The van der Waals surface area contributed by atoms with Crippen molar-refractivity contribution in [3.05, 3.63) is 59.7 Å². The van der Waals surface area contributed by atoms with Gasteiger partial charge in [-0.2, -0.15) is 12.6 Å². The summed E-state index contributed by atoms with van der Waals surface area (Å²) in [6.45, 7) is 1.72. The van der Waals surface area contributed by atoms with Crippen LogP contribution in [-0.2, 0) is 23.9 Å². The smallest absolute Gasteiger partial charge is 0.328 e. The summed E-state index contributed by atoms with van der Waals surface area (Å²) in [5, 5.41) is 2.54. The Labute approximate surface area is 181 Å². The van der Waals surface area contributed by atoms with Gasteiger partial charge in [-0.3, -0.25) is 9.59 Å². The summed E-state index contributed by atoms with van der Waals surface area (Å²) in [6.07, 6.45) is -0.112. The van der Waals surface area contributed by atoms with Crippen molar-refractivity contribution < 1.29 is 23.9 Å². The molecule has 0 aliphatic heterocycles. The molecule has 0 fully saturated rings. The van der Waals surface area contributed by atoms with Gasteiger partial charge in [0, 0.05) is 11.7 Å². The third kappa shape index (κ3) is 4.67. The van der Waals surface area contributed by atoms with Gasteiger partial charge in [0.25, 0.3) is 0 Å². The fourth-order valence-corrected chi connectivity index (χ4v) is 3.98. The molecule has 2 aromatic carbocycles. The fourth-order valence-electron chi connectivity index (χ4n) is 3.68. The van der Waals surface area contributed by atoms with E-state index in [9.17, 15) is 14.4 Å². The van der Waals surface area contributed by atoms with E-state index in [-0.39, 0.29) is 24.7 Å². The van der Waals surface area contributed by atoms with Gasteiger partial charge in [0.05, 0.1) is 19.4 Å². The van der Waals surface area contributed by atoms with E-state index < -0.39 is 29.8 Å². The first-order valence-corrected chi connectivity index (χ1v) is 10.4. The van der Waals surface area contributed by atoms with Crippen LogP contribution in [0.4, 0.5) is 0 Å². The summed E-state index contributed by atoms with van der Waals surface area (Å²) in [6, 6.07) is 15.4. The van der Waals surface area contributed by atoms with Gasteiger partial charge in [-0.05, 0) is 29.2 Å². The summed E-state index contributed by atoms with van der Waals surface area (Å²) in [4.78, 5) is 36.3. The van der Waals surface area contributed by atoms with E-state index in [0.717, 1.165) is 22.3 Å². The van der Waals surface area contributed by atoms with Gasteiger partial charge in [-0.15, -0.1) is 0 Å². The number of methoxy groups -OCH3 is 1. The fraction of sp³-hybridized carbons (Fsp3) is 0.348. The third-order valence-corrected chi connectivity index (χ3v) is 5.73. The van der Waals surface area contributed by atoms with Gasteiger partial charge < -0.3 is 14.8 Å². The molecule has 6 nitrogen and oxygen atoms in total. The molecule has 158 valence electrons. The van der Waals surface area contributed by atoms with E-state index in [0.29, 0.717) is 0 Å². The highest BCUT2D eigenvalue weighted by Gasteiger charge is 2.30. The van der Waals surface area contributed by atoms with Crippen molar-refractivity contribution in [2.75, 3.05) is 19.5 Å². The van der Waals surface area contributed by atoms with Crippen molar-refractivity contribution in [3.8, 4) is 11.1 Å². The molecular formula is C23H25NO5S. The van der Waals surface area contributed by atoms with Crippen LogP contribution in [-0.4, -0.2) is 43.4 Å². The largest absolute Gasteiger partial charge is 0.467 e. The molecule has 0 bridgehead atoms. The zero-order valence-electron chi connectivity index (χ0n) is 17.0. The van der Waals surface area contributed by atoms with Gasteiger partial charge in [0.2, 0.25) is 5.91 Å². The molecule has 1 N–H and O–H groups in total. The standard InChI is InChI=1S/C23H25NO5S/c1-14(23(27)28-2)24-22(26)15(13-30)11-21(25)29-12-20-18-9-5-3-7-16(18)17-8-4-6-10-19(17)20/h3-10,14-15,20,30H,11-13H2,1-2H3,(H,24,26)/t14-,15+/m1/s1. The number of rotatable bonds is 8. The van der Waals surface area contributed by atoms with Crippen molar-refractivity contribution in [1.82, 2.24) is 5.32 Å². The Morgan fingerprint density at radius 1 is 1.03 bits per heavy atom. The van der Waals surface area contributed by atoms with Crippen molar-refractivity contribution in [2.24, 2.45) is 5.92 Å². The molecular weight excluding hydrogens is 402 g/mol. The Bertz CT molecular complexity index is 899. The molecule has 0 saturated heterocycles. The van der Waals surface area contributed by atoms with Crippen molar-refractivity contribution in [2.45, 2.75) is 25.3 Å². The number of carbonyl (C=O) groups excluding carboxylic acids is 3. The highest BCUT2D eigenvalue weighted by atomic mass is 32.1. The number of hydrogen-bond acceptors (Lipinski definition) is 6. The molecule has 0 heterocycles. The maximum Gasteiger partial charge on any atom is 0.328 e. The Balaban J connectivity index is 1.61. The van der Waals surface area contributed by atoms with Crippen LogP contribution < -0.4 is 5.32 Å². The third-order valence-electron chi connectivity index (χ3n) is 5.29. The van der Waals surface area contributed by atoms with Crippen LogP contribution in [0.3, 0.4) is 0 Å². The second kappa shape index (κ2) is 9.80. The molecule has 2 atom stereocenters. The number of amides is 1. The lowest BCUT2D eigenvalue weighted by Crippen LogP contribution is -2.43. The van der Waals surface area contributed by atoms with E-state index in [1.807, 2.05) is 36.4 Å². The van der Waals surface area contributed by atoms with Crippen LogP contribution >= 0.6 is 12.6 Å². The topological polar surface area (TPSA) is 81.7 Å². The molecule has 0 unspecified atom stereocenters. The van der Waals surface area contributed by atoms with E-state index in [4.69, 9.17) is 4.74 Å². The SMILES string of the molecule is COC(=O)[C@@H](C)NC(=O)[C@H](CS)CC(=O)OCC1c2ccccc2-c2ccccc21. The molecule has 0 radical (unpaired) electrons. The van der Waals surface area contributed by atoms with Gasteiger partial charge in [0.1, 0.15) is 12.6 Å². The van der Waals surface area contributed by atoms with Crippen molar-refractivity contribution in [3.63, 3.8) is 0 Å². The zero-order valence-corrected chi connectivity index (χ0v) is 17.9. The number of benzene rings is 2. The molecule has 0 spiro atoms. The number of ether oxygens (including phenoxy) is 2. The number of thiol groups is 1. The predicted octanol–water partition coefficient (Wildman–Crippen LogP) is 2.96. The summed E-state index contributed by atoms with van der Waals surface area (Å²) < 4.78 is 10.1. The minimum Gasteiger partial charge on any atom is -0.467 e. The molecule has 1 amide bonds. The zero-order chi connectivity index (χ0) is 21.7. The first-order valence-electron chi connectivity index (χ1n) is 9.79. The number of nitrogens with one attached hydrogen (secondary N) is 1. The Hall–Kier alpha value is -2.80. The lowest BCUT2D eigenvalue weighted by Gasteiger charge is -2.18. The molecule has 3 rings (SSSR count). The monoisotopic (exact) mass is 427 g/mol. The summed E-state index contributed by atoms with van der Waals surface area (Å²) in [5.41, 5.74) is 4.56. The Morgan fingerprint density at radius 3 is 2.13 bits per heavy atom. The highest BCUT2D eigenvalue weighted by molar-refractivity contribution is 7.80. The van der Waals surface area contributed by atoms with E-state index in [1.165, 1.54) is 14.0 Å². The molecule has 0 saturated carbocycles. The first-order chi connectivity index (χ1) is 14.5. The predicted molar refractivity (Wildman–Crippen MR) is 116 cm³/mol. The van der Waals surface area contributed by atoms with Crippen molar-refractivity contribution >= 4 is 30.5 Å². The summed E-state index contributed by atoms with van der Waals surface area (Å²) in [7, 11) is 1.25. The van der Waals surface area contributed by atoms with Crippen LogP contribution in [0.5, 0.6) is 0 Å². The molecule has 0 aromatic heterocycles. The Kier molecular flexibility index (Phi) is 7.15. The number of esters is 2. The highest BCUT2D eigenvalue weighted by Crippen LogP contribution is 2.44. The van der Waals surface area contributed by atoms with E-state index in [2.05, 4.69) is 34.8 Å². The molecule has 1 aliphatic rings. The second-order valence-electron chi connectivity index (χ2n) is 7.25. The maximum absolute atomic E-state index is 12.4. The maximum atomic E-state index is 12.4. The Morgan fingerprint density at radius 2 is 1.60 bits per heavy atom. The van der Waals surface area contributed by atoms with Gasteiger partial charge in [-0.1, -0.05) is 48.5 Å². The lowest BCUT2D eigenvalue weighted by atomic mass is 9.98. The average Bonchev–Trinajstić information content (AvgIpc) is 3.09. The second-order valence-corrected chi connectivity index (χ2v) is 7.61. The van der Waals surface area contributed by atoms with Crippen LogP contribution in [0.1, 0.15) is 30.4 Å². The number of hydrogen-bond donors (Lipinski definition) is 2. The normalized spacial score (nSPS) is 14.2. The van der Waals surface area contributed by atoms with Gasteiger partial charge in [-0.25, -0.2) is 4.79 Å². The van der Waals surface area contributed by atoms with Crippen LogP contribution in [0.2, 0.25) is 0 Å². The van der Waals surface area contributed by atoms with Gasteiger partial charge >= 0.3 is 11.9 Å². The molecule has 2 aromatic rings. The lowest BCUT2D eigenvalue weighted by molar-refractivity contribution is -0.147. The van der Waals surface area contributed by atoms with E-state index >= 15 is 0 Å². The first kappa shape index (κ1) is 21.9. The summed E-state index contributed by atoms with van der Waals surface area (Å²) in [5.74, 6) is -2.04. The molecule has 7 heteroatoms. The van der Waals surface area contributed by atoms with Crippen LogP contribution in [0.25, 0.3) is 11.1 Å². The minimum absolute atomic E-state index is 0.0380. The number of fused-ring (bicyclic) bond motifs is 3.